The summed E-state index contributed by atoms with van der Waals surface area (Å²) in [5.74, 6) is 0.450. The molecule has 1 aliphatic heterocycles. The molecule has 0 saturated heterocycles. The van der Waals surface area contributed by atoms with E-state index in [1.165, 1.54) is 17.8 Å². The van der Waals surface area contributed by atoms with E-state index in [9.17, 15) is 9.59 Å². The van der Waals surface area contributed by atoms with Crippen molar-refractivity contribution in [2.24, 2.45) is 0 Å². The number of hydrogen-bond donors (Lipinski definition) is 0. The smallest absolute Gasteiger partial charge is 0.265 e. The third-order valence-corrected chi connectivity index (χ3v) is 5.71. The highest BCUT2D eigenvalue weighted by Gasteiger charge is 2.30. The Labute approximate surface area is 170 Å². The van der Waals surface area contributed by atoms with E-state index in [-0.39, 0.29) is 11.8 Å². The molecule has 0 unspecified atom stereocenters. The Morgan fingerprint density at radius 2 is 1.89 bits per heavy atom. The second kappa shape index (κ2) is 8.97. The second-order valence-electron chi connectivity index (χ2n) is 6.33. The minimum absolute atomic E-state index is 0.137. The van der Waals surface area contributed by atoms with E-state index in [1.54, 1.807) is 16.9 Å². The zero-order valence-corrected chi connectivity index (χ0v) is 17.2. The van der Waals surface area contributed by atoms with Crippen LogP contribution in [0, 0.1) is 0 Å². The van der Waals surface area contributed by atoms with Crippen LogP contribution in [0.2, 0.25) is 0 Å². The van der Waals surface area contributed by atoms with Gasteiger partial charge in [0, 0.05) is 24.1 Å². The van der Waals surface area contributed by atoms with E-state index in [0.29, 0.717) is 24.5 Å². The molecule has 146 valence electrons. The lowest BCUT2D eigenvalue weighted by Gasteiger charge is -2.30. The van der Waals surface area contributed by atoms with Gasteiger partial charge in [-0.15, -0.1) is 0 Å². The first-order valence-corrected chi connectivity index (χ1v) is 10.1. The Morgan fingerprint density at radius 1 is 1.14 bits per heavy atom. The third-order valence-electron chi connectivity index (χ3n) is 4.64. The van der Waals surface area contributed by atoms with Crippen molar-refractivity contribution in [3.63, 3.8) is 0 Å². The van der Waals surface area contributed by atoms with E-state index in [0.717, 1.165) is 21.9 Å². The van der Waals surface area contributed by atoms with Crippen molar-refractivity contribution in [1.82, 2.24) is 4.90 Å². The Kier molecular flexibility index (Phi) is 6.41. The van der Waals surface area contributed by atoms with Gasteiger partial charge in [0.2, 0.25) is 5.91 Å². The number of carbonyl (C=O) groups excluding carboxylic acids is 2. The second-order valence-corrected chi connectivity index (χ2v) is 7.42. The summed E-state index contributed by atoms with van der Waals surface area (Å²) in [6, 6.07) is 15.4. The highest BCUT2D eigenvalue weighted by Crippen LogP contribution is 2.42. The Hall–Kier alpha value is -2.73. The molecular formula is C22H24N2O3S. The number of amides is 2. The normalized spacial score (nSPS) is 14.8. The predicted octanol–water partition coefficient (Wildman–Crippen LogP) is 4.09. The van der Waals surface area contributed by atoms with Gasteiger partial charge in [-0.05, 0) is 43.7 Å². The van der Waals surface area contributed by atoms with Crippen molar-refractivity contribution in [1.29, 1.82) is 0 Å². The minimum Gasteiger partial charge on any atom is -0.497 e. The van der Waals surface area contributed by atoms with Crippen LogP contribution in [-0.4, -0.2) is 36.9 Å². The largest absolute Gasteiger partial charge is 0.497 e. The lowest BCUT2D eigenvalue weighted by Crippen LogP contribution is -2.35. The van der Waals surface area contributed by atoms with E-state index in [4.69, 9.17) is 4.74 Å². The first-order chi connectivity index (χ1) is 13.6. The first kappa shape index (κ1) is 20.0. The molecule has 0 aromatic heterocycles. The van der Waals surface area contributed by atoms with Gasteiger partial charge in [0.05, 0.1) is 24.2 Å². The SMILES string of the molecule is CCN(CC)C(=O)C=C1Sc2ccccc2N(Cc2cccc(OC)c2)C1=O. The fourth-order valence-corrected chi connectivity index (χ4v) is 4.13. The van der Waals surface area contributed by atoms with Crippen LogP contribution in [0.3, 0.4) is 0 Å². The van der Waals surface area contributed by atoms with Crippen LogP contribution in [0.25, 0.3) is 0 Å². The molecule has 2 amide bonds. The quantitative estimate of drug-likeness (QED) is 0.690. The third kappa shape index (κ3) is 4.22. The number of methoxy groups -OCH3 is 1. The molecule has 6 heteroatoms. The number of hydrogen-bond acceptors (Lipinski definition) is 4. The summed E-state index contributed by atoms with van der Waals surface area (Å²) in [6.45, 7) is 5.49. The van der Waals surface area contributed by atoms with Gasteiger partial charge >= 0.3 is 0 Å². The number of benzene rings is 2. The molecule has 0 spiro atoms. The molecule has 2 aromatic carbocycles. The van der Waals surface area contributed by atoms with Gasteiger partial charge in [0.15, 0.2) is 0 Å². The van der Waals surface area contributed by atoms with Crippen LogP contribution in [0.4, 0.5) is 5.69 Å². The van der Waals surface area contributed by atoms with E-state index in [1.807, 2.05) is 62.4 Å². The molecule has 5 nitrogen and oxygen atoms in total. The number of para-hydroxylation sites is 1. The summed E-state index contributed by atoms with van der Waals surface area (Å²) in [5.41, 5.74) is 1.82. The highest BCUT2D eigenvalue weighted by molar-refractivity contribution is 8.04. The molecule has 0 fully saturated rings. The van der Waals surface area contributed by atoms with Crippen LogP contribution < -0.4 is 9.64 Å². The molecule has 0 saturated carbocycles. The highest BCUT2D eigenvalue weighted by atomic mass is 32.2. The van der Waals surface area contributed by atoms with Crippen LogP contribution >= 0.6 is 11.8 Å². The molecule has 3 rings (SSSR count). The minimum atomic E-state index is -0.160. The average molecular weight is 397 g/mol. The van der Waals surface area contributed by atoms with Crippen molar-refractivity contribution in [2.75, 3.05) is 25.1 Å². The van der Waals surface area contributed by atoms with Gasteiger partial charge in [-0.25, -0.2) is 0 Å². The molecule has 0 radical (unpaired) electrons. The standard InChI is InChI=1S/C22H24N2O3S/c1-4-23(5-2)21(25)14-20-22(26)24(18-11-6-7-12-19(18)28-20)15-16-9-8-10-17(13-16)27-3/h6-14H,4-5,15H2,1-3H3. The fraction of sp³-hybridized carbons (Fsp3) is 0.273. The van der Waals surface area contributed by atoms with Crippen LogP contribution in [-0.2, 0) is 16.1 Å². The van der Waals surface area contributed by atoms with Gasteiger partial charge in [0.1, 0.15) is 5.75 Å². The zero-order chi connectivity index (χ0) is 20.1. The summed E-state index contributed by atoms with van der Waals surface area (Å²) in [6.07, 6.45) is 1.47. The van der Waals surface area contributed by atoms with Crippen molar-refractivity contribution in [3.05, 3.63) is 65.1 Å². The number of carbonyl (C=O) groups is 2. The molecular weight excluding hydrogens is 372 g/mol. The fourth-order valence-electron chi connectivity index (χ4n) is 3.11. The Bertz CT molecular complexity index is 906. The number of rotatable bonds is 6. The van der Waals surface area contributed by atoms with Gasteiger partial charge in [-0.2, -0.15) is 0 Å². The number of fused-ring (bicyclic) bond motifs is 1. The van der Waals surface area contributed by atoms with E-state index >= 15 is 0 Å². The van der Waals surface area contributed by atoms with Crippen LogP contribution in [0.15, 0.2) is 64.4 Å². The molecule has 1 aliphatic rings. The monoisotopic (exact) mass is 396 g/mol. The van der Waals surface area contributed by atoms with Crippen molar-refractivity contribution in [2.45, 2.75) is 25.3 Å². The predicted molar refractivity (Wildman–Crippen MR) is 112 cm³/mol. The summed E-state index contributed by atoms with van der Waals surface area (Å²) in [7, 11) is 1.62. The zero-order valence-electron chi connectivity index (χ0n) is 16.3. The lowest BCUT2D eigenvalue weighted by molar-refractivity contribution is -0.126. The van der Waals surface area contributed by atoms with E-state index in [2.05, 4.69) is 0 Å². The molecule has 28 heavy (non-hydrogen) atoms. The Balaban J connectivity index is 1.96. The number of anilines is 1. The Morgan fingerprint density at radius 3 is 2.61 bits per heavy atom. The van der Waals surface area contributed by atoms with Gasteiger partial charge in [-0.1, -0.05) is 36.0 Å². The van der Waals surface area contributed by atoms with Gasteiger partial charge in [0.25, 0.3) is 5.91 Å². The maximum Gasteiger partial charge on any atom is 0.265 e. The summed E-state index contributed by atoms with van der Waals surface area (Å²) in [4.78, 5) is 30.6. The number of thioether (sulfide) groups is 1. The lowest BCUT2D eigenvalue weighted by atomic mass is 10.1. The van der Waals surface area contributed by atoms with Crippen LogP contribution in [0.1, 0.15) is 19.4 Å². The molecule has 0 bridgehead atoms. The molecule has 2 aromatic rings. The van der Waals surface area contributed by atoms with Gasteiger partial charge in [-0.3, -0.25) is 9.59 Å². The molecule has 0 aliphatic carbocycles. The van der Waals surface area contributed by atoms with Crippen molar-refractivity contribution < 1.29 is 14.3 Å². The number of nitrogens with zero attached hydrogens (tertiary/aromatic N) is 2. The maximum absolute atomic E-state index is 13.2. The topological polar surface area (TPSA) is 49.9 Å². The van der Waals surface area contributed by atoms with Gasteiger partial charge < -0.3 is 14.5 Å². The number of ether oxygens (including phenoxy) is 1. The molecule has 0 atom stereocenters. The maximum atomic E-state index is 13.2. The summed E-state index contributed by atoms with van der Waals surface area (Å²) in [5, 5.41) is 0. The molecule has 0 N–H and O–H groups in total. The summed E-state index contributed by atoms with van der Waals surface area (Å²) >= 11 is 1.35. The van der Waals surface area contributed by atoms with E-state index < -0.39 is 0 Å². The van der Waals surface area contributed by atoms with Crippen molar-refractivity contribution in [3.8, 4) is 5.75 Å². The molecule has 1 heterocycles. The summed E-state index contributed by atoms with van der Waals surface area (Å²) < 4.78 is 5.30. The van der Waals surface area contributed by atoms with Crippen LogP contribution in [0.5, 0.6) is 5.75 Å². The number of likely N-dealkylation sites (N-methyl/N-ethyl adjacent to an activating group) is 1. The van der Waals surface area contributed by atoms with Crippen molar-refractivity contribution >= 4 is 29.3 Å². The first-order valence-electron chi connectivity index (χ1n) is 9.29. The average Bonchev–Trinajstić information content (AvgIpc) is 2.72.